The van der Waals surface area contributed by atoms with Gasteiger partial charge in [0.05, 0.1) is 0 Å². The van der Waals surface area contributed by atoms with Crippen LogP contribution in [0.25, 0.3) is 0 Å². The molecule has 3 heteroatoms. The largest absolute Gasteiger partial charge is 0.492 e. The minimum Gasteiger partial charge on any atom is -0.492 e. The summed E-state index contributed by atoms with van der Waals surface area (Å²) in [5.41, 5.74) is 1.25. The van der Waals surface area contributed by atoms with Crippen LogP contribution in [0.2, 0.25) is 0 Å². The Morgan fingerprint density at radius 3 is 2.90 bits per heavy atom. The van der Waals surface area contributed by atoms with E-state index in [1.165, 1.54) is 37.9 Å². The highest BCUT2D eigenvalue weighted by Crippen LogP contribution is 2.14. The van der Waals surface area contributed by atoms with Crippen LogP contribution in [0.15, 0.2) is 24.3 Å². The summed E-state index contributed by atoms with van der Waals surface area (Å²) in [6, 6.07) is 9.58. The van der Waals surface area contributed by atoms with Crippen molar-refractivity contribution < 1.29 is 4.74 Å². The molecule has 1 N–H and O–H groups in total. The van der Waals surface area contributed by atoms with Crippen LogP contribution in [0, 0.1) is 6.92 Å². The molecule has 0 spiro atoms. The van der Waals surface area contributed by atoms with Gasteiger partial charge in [-0.05, 0) is 70.8 Å². The molecule has 1 aromatic carbocycles. The first-order valence-electron chi connectivity index (χ1n) is 8.32. The summed E-state index contributed by atoms with van der Waals surface area (Å²) in [7, 11) is 0. The Bertz CT molecular complexity index is 419. The fraction of sp³-hybridized carbons (Fsp3) is 0.667. The summed E-state index contributed by atoms with van der Waals surface area (Å²) in [5, 5.41) is 3.65. The highest BCUT2D eigenvalue weighted by atomic mass is 16.5. The Kier molecular flexibility index (Phi) is 6.52. The maximum atomic E-state index is 5.80. The van der Waals surface area contributed by atoms with Crippen LogP contribution in [0.4, 0.5) is 0 Å². The lowest BCUT2D eigenvalue weighted by molar-refractivity contribution is 0.228. The highest BCUT2D eigenvalue weighted by molar-refractivity contribution is 5.27. The van der Waals surface area contributed by atoms with E-state index in [4.69, 9.17) is 4.74 Å². The first-order chi connectivity index (χ1) is 10.1. The predicted molar refractivity (Wildman–Crippen MR) is 89.0 cm³/mol. The van der Waals surface area contributed by atoms with Crippen molar-refractivity contribution in [2.24, 2.45) is 0 Å². The maximum absolute atomic E-state index is 5.80. The van der Waals surface area contributed by atoms with Gasteiger partial charge in [-0.15, -0.1) is 0 Å². The van der Waals surface area contributed by atoms with E-state index in [-0.39, 0.29) is 0 Å². The topological polar surface area (TPSA) is 24.5 Å². The molecule has 1 fully saturated rings. The lowest BCUT2D eigenvalue weighted by Crippen LogP contribution is -2.35. The second-order valence-electron chi connectivity index (χ2n) is 6.38. The molecular formula is C18H30N2O. The van der Waals surface area contributed by atoms with E-state index in [1.54, 1.807) is 0 Å². The first kappa shape index (κ1) is 16.3. The van der Waals surface area contributed by atoms with Crippen molar-refractivity contribution in [2.75, 3.05) is 26.2 Å². The molecule has 2 rings (SSSR count). The number of nitrogens with one attached hydrogen (secondary N) is 1. The van der Waals surface area contributed by atoms with Crippen LogP contribution in [0.3, 0.4) is 0 Å². The van der Waals surface area contributed by atoms with Gasteiger partial charge in [-0.25, -0.2) is 0 Å². The smallest absolute Gasteiger partial charge is 0.119 e. The SMILES string of the molecule is Cc1cccc(OCCNC2CCCN(C(C)C)CC2)c1. The van der Waals surface area contributed by atoms with Crippen LogP contribution >= 0.6 is 0 Å². The minimum absolute atomic E-state index is 0.648. The summed E-state index contributed by atoms with van der Waals surface area (Å²) in [4.78, 5) is 2.59. The molecule has 0 aromatic heterocycles. The summed E-state index contributed by atoms with van der Waals surface area (Å²) in [6.07, 6.45) is 3.84. The molecule has 0 radical (unpaired) electrons. The lowest BCUT2D eigenvalue weighted by Gasteiger charge is -2.24. The number of aryl methyl sites for hydroxylation is 1. The minimum atomic E-state index is 0.648. The molecule has 1 aliphatic rings. The van der Waals surface area contributed by atoms with Crippen LogP contribution in [-0.2, 0) is 0 Å². The Labute approximate surface area is 129 Å². The Morgan fingerprint density at radius 2 is 2.14 bits per heavy atom. The molecule has 0 bridgehead atoms. The van der Waals surface area contributed by atoms with Gasteiger partial charge in [-0.2, -0.15) is 0 Å². The average molecular weight is 290 g/mol. The fourth-order valence-corrected chi connectivity index (χ4v) is 2.98. The Balaban J connectivity index is 1.64. The van der Waals surface area contributed by atoms with Gasteiger partial charge in [0.1, 0.15) is 12.4 Å². The van der Waals surface area contributed by atoms with Crippen molar-refractivity contribution in [3.8, 4) is 5.75 Å². The van der Waals surface area contributed by atoms with E-state index >= 15 is 0 Å². The number of nitrogens with zero attached hydrogens (tertiary/aromatic N) is 1. The fourth-order valence-electron chi connectivity index (χ4n) is 2.98. The predicted octanol–water partition coefficient (Wildman–Crippen LogP) is 3.23. The van der Waals surface area contributed by atoms with Gasteiger partial charge in [0.25, 0.3) is 0 Å². The maximum Gasteiger partial charge on any atom is 0.119 e. The molecule has 118 valence electrons. The van der Waals surface area contributed by atoms with Crippen molar-refractivity contribution >= 4 is 0 Å². The number of hydrogen-bond acceptors (Lipinski definition) is 3. The summed E-state index contributed by atoms with van der Waals surface area (Å²) >= 11 is 0. The molecule has 1 saturated heterocycles. The summed E-state index contributed by atoms with van der Waals surface area (Å²) < 4.78 is 5.80. The third kappa shape index (κ3) is 5.68. The van der Waals surface area contributed by atoms with Gasteiger partial charge in [0.15, 0.2) is 0 Å². The quantitative estimate of drug-likeness (QED) is 0.814. The normalized spacial score (nSPS) is 20.5. The van der Waals surface area contributed by atoms with Gasteiger partial charge in [-0.3, -0.25) is 0 Å². The van der Waals surface area contributed by atoms with Gasteiger partial charge in [0.2, 0.25) is 0 Å². The van der Waals surface area contributed by atoms with Gasteiger partial charge < -0.3 is 15.0 Å². The van der Waals surface area contributed by atoms with Crippen molar-refractivity contribution in [3.63, 3.8) is 0 Å². The zero-order chi connectivity index (χ0) is 15.1. The third-order valence-corrected chi connectivity index (χ3v) is 4.29. The molecule has 1 unspecified atom stereocenters. The molecule has 0 amide bonds. The van der Waals surface area contributed by atoms with Gasteiger partial charge in [0, 0.05) is 18.6 Å². The van der Waals surface area contributed by atoms with Gasteiger partial charge >= 0.3 is 0 Å². The van der Waals surface area contributed by atoms with E-state index in [0.29, 0.717) is 12.1 Å². The Morgan fingerprint density at radius 1 is 1.29 bits per heavy atom. The van der Waals surface area contributed by atoms with Crippen molar-refractivity contribution in [3.05, 3.63) is 29.8 Å². The van der Waals surface area contributed by atoms with E-state index in [2.05, 4.69) is 43.1 Å². The molecule has 21 heavy (non-hydrogen) atoms. The van der Waals surface area contributed by atoms with E-state index in [1.807, 2.05) is 12.1 Å². The van der Waals surface area contributed by atoms with E-state index in [9.17, 15) is 0 Å². The van der Waals surface area contributed by atoms with Crippen LogP contribution in [0.1, 0.15) is 38.7 Å². The van der Waals surface area contributed by atoms with Crippen molar-refractivity contribution in [1.29, 1.82) is 0 Å². The second kappa shape index (κ2) is 8.40. The van der Waals surface area contributed by atoms with E-state index < -0.39 is 0 Å². The van der Waals surface area contributed by atoms with Crippen molar-refractivity contribution in [1.82, 2.24) is 10.2 Å². The number of hydrogen-bond donors (Lipinski definition) is 1. The summed E-state index contributed by atoms with van der Waals surface area (Å²) in [6.45, 7) is 10.8. The number of rotatable bonds is 6. The number of ether oxygens (including phenoxy) is 1. The zero-order valence-corrected chi connectivity index (χ0v) is 13.8. The van der Waals surface area contributed by atoms with Crippen molar-refractivity contribution in [2.45, 2.75) is 52.1 Å². The highest BCUT2D eigenvalue weighted by Gasteiger charge is 2.17. The summed E-state index contributed by atoms with van der Waals surface area (Å²) in [5.74, 6) is 0.976. The van der Waals surface area contributed by atoms with Crippen LogP contribution in [0.5, 0.6) is 5.75 Å². The molecule has 1 heterocycles. The Hall–Kier alpha value is -1.06. The first-order valence-corrected chi connectivity index (χ1v) is 8.32. The van der Waals surface area contributed by atoms with E-state index in [0.717, 1.165) is 18.9 Å². The molecular weight excluding hydrogens is 260 g/mol. The standard InChI is InChI=1S/C18H30N2O/c1-15(2)20-11-5-7-17(9-12-20)19-10-13-21-18-8-4-6-16(3)14-18/h4,6,8,14-15,17,19H,5,7,9-13H2,1-3H3. The molecule has 0 saturated carbocycles. The number of benzene rings is 1. The molecule has 0 aliphatic carbocycles. The zero-order valence-electron chi connectivity index (χ0n) is 13.8. The van der Waals surface area contributed by atoms with Crippen LogP contribution in [-0.4, -0.2) is 43.2 Å². The average Bonchev–Trinajstić information content (AvgIpc) is 2.69. The van der Waals surface area contributed by atoms with Gasteiger partial charge in [-0.1, -0.05) is 12.1 Å². The molecule has 1 atom stereocenters. The lowest BCUT2D eigenvalue weighted by atomic mass is 10.1. The molecule has 3 nitrogen and oxygen atoms in total. The molecule has 1 aromatic rings. The molecule has 1 aliphatic heterocycles. The third-order valence-electron chi connectivity index (χ3n) is 4.29. The number of likely N-dealkylation sites (tertiary alicyclic amines) is 1. The van der Waals surface area contributed by atoms with Crippen LogP contribution < -0.4 is 10.1 Å². The monoisotopic (exact) mass is 290 g/mol. The second-order valence-corrected chi connectivity index (χ2v) is 6.38.